The average molecular weight is 511 g/mol. The number of nitrogens with one attached hydrogen (secondary N) is 1. The van der Waals surface area contributed by atoms with Crippen LogP contribution in [0.2, 0.25) is 0 Å². The minimum absolute atomic E-state index is 0. The van der Waals surface area contributed by atoms with Gasteiger partial charge in [-0.15, -0.1) is 24.8 Å². The van der Waals surface area contributed by atoms with Gasteiger partial charge >= 0.3 is 5.97 Å². The summed E-state index contributed by atoms with van der Waals surface area (Å²) in [4.78, 5) is 15.8. The lowest BCUT2D eigenvalue weighted by atomic mass is 9.93. The highest BCUT2D eigenvalue weighted by Crippen LogP contribution is 2.27. The van der Waals surface area contributed by atoms with E-state index in [1.807, 2.05) is 24.3 Å². The molecule has 0 spiro atoms. The fraction of sp³-hybridized carbons (Fsp3) is 0.500. The molecule has 0 unspecified atom stereocenters. The number of piperidine rings is 2. The van der Waals surface area contributed by atoms with Crippen molar-refractivity contribution in [1.82, 2.24) is 10.2 Å². The molecule has 0 bridgehead atoms. The molecule has 2 heterocycles. The second-order valence-corrected chi connectivity index (χ2v) is 9.00. The summed E-state index contributed by atoms with van der Waals surface area (Å²) in [5.74, 6) is 0.370. The first-order chi connectivity index (χ1) is 15.7. The van der Waals surface area contributed by atoms with Crippen LogP contribution >= 0.6 is 24.8 Å². The van der Waals surface area contributed by atoms with Crippen molar-refractivity contribution in [3.63, 3.8) is 0 Å². The number of carboxylic acid groups (broad SMARTS) is 1. The highest BCUT2D eigenvalue weighted by Gasteiger charge is 2.26. The van der Waals surface area contributed by atoms with E-state index in [9.17, 15) is 4.79 Å². The van der Waals surface area contributed by atoms with Gasteiger partial charge in [0.1, 0.15) is 5.75 Å². The number of hydrogen-bond acceptors (Lipinski definition) is 5. The topological polar surface area (TPSA) is 65.0 Å². The van der Waals surface area contributed by atoms with E-state index in [4.69, 9.17) is 9.84 Å². The lowest BCUT2D eigenvalue weighted by Crippen LogP contribution is -2.46. The maximum Gasteiger partial charge on any atom is 0.341 e. The Morgan fingerprint density at radius 3 is 2.24 bits per heavy atom. The average Bonchev–Trinajstić information content (AvgIpc) is 2.84. The van der Waals surface area contributed by atoms with Gasteiger partial charge in [0.15, 0.2) is 6.61 Å². The van der Waals surface area contributed by atoms with E-state index >= 15 is 0 Å². The Kier molecular flexibility index (Phi) is 12.0. The third-order valence-electron chi connectivity index (χ3n) is 6.72. The Bertz CT molecular complexity index is 840. The van der Waals surface area contributed by atoms with Crippen LogP contribution in [0.4, 0.5) is 5.69 Å². The predicted molar refractivity (Wildman–Crippen MR) is 142 cm³/mol. The van der Waals surface area contributed by atoms with Crippen molar-refractivity contribution in [2.75, 3.05) is 44.2 Å². The number of halogens is 2. The molecule has 34 heavy (non-hydrogen) atoms. The number of hydrogen-bond donors (Lipinski definition) is 2. The summed E-state index contributed by atoms with van der Waals surface area (Å²) in [6.45, 7) is 6.29. The van der Waals surface area contributed by atoms with Crippen molar-refractivity contribution in [2.45, 2.75) is 38.3 Å². The molecule has 2 aliphatic rings. The van der Waals surface area contributed by atoms with Crippen molar-refractivity contribution in [2.24, 2.45) is 5.92 Å². The molecular formula is C26H37Cl2N3O3. The van der Waals surface area contributed by atoms with E-state index in [0.717, 1.165) is 38.6 Å². The van der Waals surface area contributed by atoms with Crippen molar-refractivity contribution in [3.05, 3.63) is 60.2 Å². The first-order valence-corrected chi connectivity index (χ1v) is 11.9. The van der Waals surface area contributed by atoms with E-state index in [0.29, 0.717) is 11.8 Å². The molecule has 0 aliphatic carbocycles. The second kappa shape index (κ2) is 14.4. The first kappa shape index (κ1) is 28.2. The van der Waals surface area contributed by atoms with E-state index in [2.05, 4.69) is 45.4 Å². The van der Waals surface area contributed by atoms with Crippen LogP contribution in [-0.2, 0) is 11.3 Å². The highest BCUT2D eigenvalue weighted by molar-refractivity contribution is 5.85. The molecule has 4 rings (SSSR count). The lowest BCUT2D eigenvalue weighted by Gasteiger charge is -2.40. The molecule has 8 heteroatoms. The molecule has 2 fully saturated rings. The zero-order chi connectivity index (χ0) is 22.2. The minimum Gasteiger partial charge on any atom is -0.482 e. The predicted octanol–water partition coefficient (Wildman–Crippen LogP) is 4.46. The molecule has 0 saturated carbocycles. The Morgan fingerprint density at radius 2 is 1.62 bits per heavy atom. The molecule has 2 aromatic rings. The number of carboxylic acids is 1. The molecule has 0 amide bonds. The highest BCUT2D eigenvalue weighted by atomic mass is 35.5. The van der Waals surface area contributed by atoms with Crippen LogP contribution in [0.5, 0.6) is 5.75 Å². The van der Waals surface area contributed by atoms with E-state index in [1.54, 1.807) is 0 Å². The molecule has 188 valence electrons. The van der Waals surface area contributed by atoms with Gasteiger partial charge in [0.2, 0.25) is 0 Å². The quantitative estimate of drug-likeness (QED) is 0.519. The zero-order valence-corrected chi connectivity index (χ0v) is 21.2. The Balaban J connectivity index is 0.00000204. The maximum atomic E-state index is 10.7. The standard InChI is InChI=1S/C26H35N3O3.2ClH/c30-26(31)20-32-25-8-6-23(7-9-25)28-16-12-22(13-17-28)19-29(24-10-14-27-15-11-24)18-21-4-2-1-3-5-21;;/h1-9,22,24,27H,10-20H2,(H,30,31);2*1H. The molecule has 0 atom stereocenters. The van der Waals surface area contributed by atoms with Gasteiger partial charge in [-0.05, 0) is 74.5 Å². The minimum atomic E-state index is -0.957. The van der Waals surface area contributed by atoms with E-state index in [1.165, 1.54) is 43.5 Å². The number of carbonyl (C=O) groups is 1. The molecule has 2 N–H and O–H groups in total. The summed E-state index contributed by atoms with van der Waals surface area (Å²) >= 11 is 0. The van der Waals surface area contributed by atoms with Gasteiger partial charge in [-0.25, -0.2) is 4.79 Å². The summed E-state index contributed by atoms with van der Waals surface area (Å²) in [5, 5.41) is 12.3. The Labute approximate surface area is 215 Å². The summed E-state index contributed by atoms with van der Waals surface area (Å²) in [6, 6.07) is 19.4. The van der Waals surface area contributed by atoms with Gasteiger partial charge < -0.3 is 20.1 Å². The zero-order valence-electron chi connectivity index (χ0n) is 19.6. The van der Waals surface area contributed by atoms with Crippen molar-refractivity contribution >= 4 is 36.5 Å². The van der Waals surface area contributed by atoms with Gasteiger partial charge in [-0.2, -0.15) is 0 Å². The number of aliphatic carboxylic acids is 1. The molecule has 6 nitrogen and oxygen atoms in total. The number of benzene rings is 2. The van der Waals surface area contributed by atoms with Crippen LogP contribution in [0, 0.1) is 5.92 Å². The van der Waals surface area contributed by atoms with Gasteiger partial charge in [0.05, 0.1) is 0 Å². The van der Waals surface area contributed by atoms with Crippen molar-refractivity contribution in [3.8, 4) is 5.75 Å². The first-order valence-electron chi connectivity index (χ1n) is 11.9. The Hall–Kier alpha value is -1.99. The molecular weight excluding hydrogens is 473 g/mol. The Morgan fingerprint density at radius 1 is 0.971 bits per heavy atom. The van der Waals surface area contributed by atoms with Crippen LogP contribution in [-0.4, -0.2) is 61.3 Å². The van der Waals surface area contributed by atoms with Crippen molar-refractivity contribution < 1.29 is 14.6 Å². The number of anilines is 1. The molecule has 2 aliphatic heterocycles. The summed E-state index contributed by atoms with van der Waals surface area (Å²) in [6.07, 6.45) is 4.88. The SMILES string of the molecule is Cl.Cl.O=C(O)COc1ccc(N2CCC(CN(Cc3ccccc3)C3CCNCC3)CC2)cc1. The third-order valence-corrected chi connectivity index (χ3v) is 6.72. The largest absolute Gasteiger partial charge is 0.482 e. The van der Waals surface area contributed by atoms with Crippen LogP contribution in [0.3, 0.4) is 0 Å². The summed E-state index contributed by atoms with van der Waals surface area (Å²) < 4.78 is 5.25. The monoisotopic (exact) mass is 509 g/mol. The van der Waals surface area contributed by atoms with Gasteiger partial charge in [0, 0.05) is 37.9 Å². The van der Waals surface area contributed by atoms with Gasteiger partial charge in [-0.3, -0.25) is 4.90 Å². The van der Waals surface area contributed by atoms with Crippen LogP contribution in [0.15, 0.2) is 54.6 Å². The van der Waals surface area contributed by atoms with Crippen LogP contribution in [0.1, 0.15) is 31.2 Å². The van der Waals surface area contributed by atoms with Gasteiger partial charge in [-0.1, -0.05) is 30.3 Å². The van der Waals surface area contributed by atoms with Crippen molar-refractivity contribution in [1.29, 1.82) is 0 Å². The normalized spacial score (nSPS) is 17.0. The fourth-order valence-electron chi connectivity index (χ4n) is 4.94. The fourth-order valence-corrected chi connectivity index (χ4v) is 4.94. The van der Waals surface area contributed by atoms with Crippen LogP contribution < -0.4 is 15.0 Å². The number of rotatable bonds is 9. The van der Waals surface area contributed by atoms with E-state index in [-0.39, 0.29) is 31.4 Å². The molecule has 0 radical (unpaired) electrons. The third kappa shape index (κ3) is 8.35. The van der Waals surface area contributed by atoms with Crippen LogP contribution in [0.25, 0.3) is 0 Å². The maximum absolute atomic E-state index is 10.7. The van der Waals surface area contributed by atoms with E-state index < -0.39 is 5.97 Å². The molecule has 2 aromatic carbocycles. The smallest absolute Gasteiger partial charge is 0.341 e. The van der Waals surface area contributed by atoms with Gasteiger partial charge in [0.25, 0.3) is 0 Å². The lowest BCUT2D eigenvalue weighted by molar-refractivity contribution is -0.139. The molecule has 0 aromatic heterocycles. The number of ether oxygens (including phenoxy) is 1. The number of nitrogens with zero attached hydrogens (tertiary/aromatic N) is 2. The second-order valence-electron chi connectivity index (χ2n) is 9.00. The summed E-state index contributed by atoms with van der Waals surface area (Å²) in [5.41, 5.74) is 2.60. The summed E-state index contributed by atoms with van der Waals surface area (Å²) in [7, 11) is 0. The molecule has 2 saturated heterocycles.